The Morgan fingerprint density at radius 2 is 1.76 bits per heavy atom. The normalized spacial score (nSPS) is 36.2. The molecule has 2 aliphatic rings. The highest BCUT2D eigenvalue weighted by atomic mass is 32.2. The van der Waals surface area contributed by atoms with Gasteiger partial charge in [-0.25, -0.2) is 0 Å². The molecule has 1 aromatic rings. The molecule has 3 atom stereocenters. The van der Waals surface area contributed by atoms with Gasteiger partial charge in [0.15, 0.2) is 0 Å². The molecule has 21 heavy (non-hydrogen) atoms. The van der Waals surface area contributed by atoms with E-state index in [4.69, 9.17) is 0 Å². The molecule has 0 spiro atoms. The molecule has 0 aromatic heterocycles. The van der Waals surface area contributed by atoms with E-state index in [0.717, 1.165) is 5.92 Å². The smallest absolute Gasteiger partial charge is 0.0101 e. The van der Waals surface area contributed by atoms with Crippen LogP contribution in [-0.2, 0) is 0 Å². The van der Waals surface area contributed by atoms with Crippen molar-refractivity contribution in [3.05, 3.63) is 29.8 Å². The molecule has 0 aliphatic heterocycles. The van der Waals surface area contributed by atoms with Crippen molar-refractivity contribution in [3.63, 3.8) is 0 Å². The molecule has 0 heterocycles. The van der Waals surface area contributed by atoms with Crippen molar-refractivity contribution in [2.75, 3.05) is 5.75 Å². The monoisotopic (exact) mass is 302 g/mol. The Kier molecular flexibility index (Phi) is 4.41. The molecule has 0 saturated heterocycles. The second-order valence-electron chi connectivity index (χ2n) is 7.85. The minimum atomic E-state index is 0.583. The Balaban J connectivity index is 1.74. The van der Waals surface area contributed by atoms with Gasteiger partial charge in [0.1, 0.15) is 0 Å². The first kappa shape index (κ1) is 15.5. The molecule has 116 valence electrons. The predicted octanol–water partition coefficient (Wildman–Crippen LogP) is 6.47. The molecule has 0 nitrogen and oxygen atoms in total. The summed E-state index contributed by atoms with van der Waals surface area (Å²) < 4.78 is 0. The highest BCUT2D eigenvalue weighted by Gasteiger charge is 2.52. The zero-order valence-corrected chi connectivity index (χ0v) is 14.8. The van der Waals surface area contributed by atoms with Crippen LogP contribution in [0.15, 0.2) is 29.2 Å². The van der Waals surface area contributed by atoms with Gasteiger partial charge < -0.3 is 0 Å². The number of thioether (sulfide) groups is 1. The lowest BCUT2D eigenvalue weighted by Crippen LogP contribution is -2.49. The van der Waals surface area contributed by atoms with Crippen molar-refractivity contribution in [1.82, 2.24) is 0 Å². The maximum absolute atomic E-state index is 2.62. The van der Waals surface area contributed by atoms with E-state index in [2.05, 4.69) is 56.8 Å². The first-order valence-electron chi connectivity index (χ1n) is 8.74. The SMILES string of the molecule is Cc1ccccc1SCC1CCC[C@@]2(C)CCCC[C@@]12C. The van der Waals surface area contributed by atoms with Gasteiger partial charge in [-0.3, -0.25) is 0 Å². The molecule has 1 heteroatoms. The largest absolute Gasteiger partial charge is 0.126 e. The van der Waals surface area contributed by atoms with Crippen molar-refractivity contribution in [1.29, 1.82) is 0 Å². The fraction of sp³-hybridized carbons (Fsp3) is 0.700. The van der Waals surface area contributed by atoms with Crippen LogP contribution in [0.4, 0.5) is 0 Å². The number of benzene rings is 1. The van der Waals surface area contributed by atoms with Gasteiger partial charge in [-0.05, 0) is 61.0 Å². The number of aryl methyl sites for hydroxylation is 1. The second-order valence-corrected chi connectivity index (χ2v) is 8.91. The maximum Gasteiger partial charge on any atom is 0.0101 e. The number of hydrogen-bond acceptors (Lipinski definition) is 1. The van der Waals surface area contributed by atoms with Crippen LogP contribution in [0, 0.1) is 23.7 Å². The average molecular weight is 303 g/mol. The van der Waals surface area contributed by atoms with E-state index < -0.39 is 0 Å². The Morgan fingerprint density at radius 3 is 2.57 bits per heavy atom. The first-order chi connectivity index (χ1) is 10.1. The average Bonchev–Trinajstić information content (AvgIpc) is 2.47. The fourth-order valence-electron chi connectivity index (χ4n) is 4.94. The highest BCUT2D eigenvalue weighted by Crippen LogP contribution is 2.61. The second kappa shape index (κ2) is 5.99. The minimum Gasteiger partial charge on any atom is -0.126 e. The van der Waals surface area contributed by atoms with Crippen molar-refractivity contribution in [2.24, 2.45) is 16.7 Å². The lowest BCUT2D eigenvalue weighted by molar-refractivity contribution is -0.0658. The summed E-state index contributed by atoms with van der Waals surface area (Å²) >= 11 is 2.11. The van der Waals surface area contributed by atoms with E-state index in [1.165, 1.54) is 61.2 Å². The quantitative estimate of drug-likeness (QED) is 0.576. The molecular weight excluding hydrogens is 272 g/mol. The van der Waals surface area contributed by atoms with Crippen LogP contribution in [0.2, 0.25) is 0 Å². The summed E-state index contributed by atoms with van der Waals surface area (Å²) in [5.41, 5.74) is 2.63. The third-order valence-electron chi connectivity index (χ3n) is 6.77. The van der Waals surface area contributed by atoms with Gasteiger partial charge in [-0.1, -0.05) is 51.3 Å². The molecule has 0 bridgehead atoms. The zero-order valence-electron chi connectivity index (χ0n) is 14.0. The zero-order chi connectivity index (χ0) is 14.9. The van der Waals surface area contributed by atoms with Gasteiger partial charge in [0.2, 0.25) is 0 Å². The van der Waals surface area contributed by atoms with Gasteiger partial charge in [0, 0.05) is 10.6 Å². The highest BCUT2D eigenvalue weighted by molar-refractivity contribution is 7.99. The van der Waals surface area contributed by atoms with Gasteiger partial charge >= 0.3 is 0 Å². The van der Waals surface area contributed by atoms with E-state index in [1.807, 2.05) is 0 Å². The molecular formula is C20H30S. The van der Waals surface area contributed by atoms with Crippen LogP contribution in [0.25, 0.3) is 0 Å². The number of fused-ring (bicyclic) bond motifs is 1. The van der Waals surface area contributed by atoms with E-state index in [1.54, 1.807) is 0 Å². The van der Waals surface area contributed by atoms with E-state index >= 15 is 0 Å². The lowest BCUT2D eigenvalue weighted by atomic mass is 9.48. The van der Waals surface area contributed by atoms with Crippen molar-refractivity contribution < 1.29 is 0 Å². The molecule has 0 amide bonds. The van der Waals surface area contributed by atoms with Gasteiger partial charge in [-0.15, -0.1) is 11.8 Å². The van der Waals surface area contributed by atoms with Crippen LogP contribution in [0.3, 0.4) is 0 Å². The molecule has 3 rings (SSSR count). The summed E-state index contributed by atoms with van der Waals surface area (Å²) in [6.45, 7) is 7.46. The Hall–Kier alpha value is -0.430. The van der Waals surface area contributed by atoms with E-state index in [9.17, 15) is 0 Å². The first-order valence-corrected chi connectivity index (χ1v) is 9.72. The lowest BCUT2D eigenvalue weighted by Gasteiger charge is -2.58. The molecule has 1 unspecified atom stereocenters. The molecule has 2 fully saturated rings. The minimum absolute atomic E-state index is 0.583. The van der Waals surface area contributed by atoms with Crippen LogP contribution >= 0.6 is 11.8 Å². The molecule has 2 saturated carbocycles. The predicted molar refractivity (Wildman–Crippen MR) is 93.9 cm³/mol. The van der Waals surface area contributed by atoms with Gasteiger partial charge in [-0.2, -0.15) is 0 Å². The third kappa shape index (κ3) is 2.79. The summed E-state index contributed by atoms with van der Waals surface area (Å²) in [4.78, 5) is 1.49. The summed E-state index contributed by atoms with van der Waals surface area (Å²) in [5.74, 6) is 2.22. The molecule has 2 aliphatic carbocycles. The van der Waals surface area contributed by atoms with Crippen LogP contribution in [0.5, 0.6) is 0 Å². The summed E-state index contributed by atoms with van der Waals surface area (Å²) in [7, 11) is 0. The van der Waals surface area contributed by atoms with E-state index in [-0.39, 0.29) is 0 Å². The topological polar surface area (TPSA) is 0 Å². The number of hydrogen-bond donors (Lipinski definition) is 0. The van der Waals surface area contributed by atoms with Crippen molar-refractivity contribution >= 4 is 11.8 Å². The van der Waals surface area contributed by atoms with Crippen LogP contribution < -0.4 is 0 Å². The molecule has 0 N–H and O–H groups in total. The maximum atomic E-state index is 2.62. The van der Waals surface area contributed by atoms with E-state index in [0.29, 0.717) is 10.8 Å². The fourth-order valence-corrected chi connectivity index (χ4v) is 6.32. The van der Waals surface area contributed by atoms with Crippen molar-refractivity contribution in [3.8, 4) is 0 Å². The summed E-state index contributed by atoms with van der Waals surface area (Å²) in [6, 6.07) is 8.88. The van der Waals surface area contributed by atoms with Gasteiger partial charge in [0.25, 0.3) is 0 Å². The Morgan fingerprint density at radius 1 is 1.05 bits per heavy atom. The standard InChI is InChI=1S/C20H30S/c1-16-9-4-5-11-18(16)21-15-17-10-8-13-19(2)12-6-7-14-20(17,19)3/h4-5,9,11,17H,6-8,10,12-15H2,1-3H3/t17?,19-,20+/m1/s1. The summed E-state index contributed by atoms with van der Waals surface area (Å²) in [6.07, 6.45) is 10.2. The molecule has 1 aromatic carbocycles. The summed E-state index contributed by atoms with van der Waals surface area (Å²) in [5, 5.41) is 0. The third-order valence-corrected chi connectivity index (χ3v) is 8.11. The van der Waals surface area contributed by atoms with Gasteiger partial charge in [0.05, 0.1) is 0 Å². The number of rotatable bonds is 3. The van der Waals surface area contributed by atoms with Crippen LogP contribution in [0.1, 0.15) is 64.4 Å². The van der Waals surface area contributed by atoms with Crippen LogP contribution in [-0.4, -0.2) is 5.75 Å². The van der Waals surface area contributed by atoms with Crippen molar-refractivity contribution in [2.45, 2.75) is 70.6 Å². The Labute approximate surface area is 135 Å². The Bertz CT molecular complexity index is 490. The molecule has 0 radical (unpaired) electrons.